The molecule has 0 atom stereocenters. The first-order chi connectivity index (χ1) is 8.66. The van der Waals surface area contributed by atoms with E-state index in [0.29, 0.717) is 27.8 Å². The number of hydrogen-bond acceptors (Lipinski definition) is 5. The molecule has 1 aromatic carbocycles. The number of benzene rings is 1. The zero-order valence-electron chi connectivity index (χ0n) is 9.36. The molecule has 0 spiro atoms. The van der Waals surface area contributed by atoms with Gasteiger partial charge in [-0.25, -0.2) is 0 Å². The van der Waals surface area contributed by atoms with Gasteiger partial charge >= 0.3 is 0 Å². The number of phenolic OH excluding ortho intramolecular Hbond substituents is 1. The molecular weight excluding hydrogens is 366 g/mol. The zero-order chi connectivity index (χ0) is 13.0. The van der Waals surface area contributed by atoms with Crippen molar-refractivity contribution in [3.05, 3.63) is 38.9 Å². The van der Waals surface area contributed by atoms with E-state index in [1.807, 2.05) is 12.1 Å². The molecule has 0 aliphatic carbocycles. The molecule has 2 N–H and O–H groups in total. The molecule has 96 valence electrons. The van der Waals surface area contributed by atoms with Crippen molar-refractivity contribution in [2.24, 2.45) is 0 Å². The molecule has 0 aliphatic heterocycles. The first-order valence-electron chi connectivity index (χ1n) is 5.30. The van der Waals surface area contributed by atoms with Crippen molar-refractivity contribution in [3.8, 4) is 5.75 Å². The Kier molecular flexibility index (Phi) is 4.73. The van der Waals surface area contributed by atoms with Gasteiger partial charge in [-0.3, -0.25) is 0 Å². The van der Waals surface area contributed by atoms with Gasteiger partial charge in [0, 0.05) is 19.5 Å². The lowest BCUT2D eigenvalue weighted by atomic mass is 10.2. The molecule has 1 heterocycles. The summed E-state index contributed by atoms with van der Waals surface area (Å²) in [7, 11) is 0. The monoisotopic (exact) mass is 375 g/mol. The van der Waals surface area contributed by atoms with Gasteiger partial charge in [0.2, 0.25) is 5.89 Å². The lowest BCUT2D eigenvalue weighted by molar-refractivity contribution is 0.375. The van der Waals surface area contributed by atoms with Crippen molar-refractivity contribution in [1.82, 2.24) is 15.5 Å². The number of phenols is 1. The third kappa shape index (κ3) is 3.54. The minimum absolute atomic E-state index is 0.213. The van der Waals surface area contributed by atoms with Crippen LogP contribution in [0.25, 0.3) is 0 Å². The summed E-state index contributed by atoms with van der Waals surface area (Å²) in [4.78, 5) is 3.93. The van der Waals surface area contributed by atoms with Gasteiger partial charge in [0.1, 0.15) is 5.75 Å². The quantitative estimate of drug-likeness (QED) is 0.785. The molecule has 2 rings (SSSR count). The number of halogens is 2. The smallest absolute Gasteiger partial charge is 0.227 e. The van der Waals surface area contributed by atoms with Gasteiger partial charge in [0.25, 0.3) is 0 Å². The number of nitrogens with zero attached hydrogens (tertiary/aromatic N) is 2. The van der Waals surface area contributed by atoms with Crippen LogP contribution in [0.1, 0.15) is 11.5 Å². The minimum atomic E-state index is 0.213. The number of hydrogen-bond donors (Lipinski definition) is 2. The Balaban J connectivity index is 1.83. The van der Waals surface area contributed by atoms with Crippen LogP contribution in [-0.4, -0.2) is 21.8 Å². The predicted octanol–water partition coefficient (Wildman–Crippen LogP) is 2.63. The van der Waals surface area contributed by atoms with E-state index in [0.717, 1.165) is 12.1 Å². The summed E-state index contributed by atoms with van der Waals surface area (Å²) in [5.74, 6) is 0.833. The average molecular weight is 377 g/mol. The molecule has 0 saturated carbocycles. The summed E-state index contributed by atoms with van der Waals surface area (Å²) < 4.78 is 6.23. The number of aromatic hydroxyl groups is 1. The SMILES string of the molecule is Oc1c(Br)cc(CNCCc2ncno2)cc1Br. The third-order valence-corrected chi connectivity index (χ3v) is 3.54. The highest BCUT2D eigenvalue weighted by atomic mass is 79.9. The molecule has 0 radical (unpaired) electrons. The van der Waals surface area contributed by atoms with Crippen LogP contribution >= 0.6 is 31.9 Å². The van der Waals surface area contributed by atoms with Crippen LogP contribution < -0.4 is 5.32 Å². The summed E-state index contributed by atoms with van der Waals surface area (Å²) in [6, 6.07) is 3.75. The summed E-state index contributed by atoms with van der Waals surface area (Å²) in [5, 5.41) is 16.4. The third-order valence-electron chi connectivity index (χ3n) is 2.33. The van der Waals surface area contributed by atoms with Gasteiger partial charge in [-0.05, 0) is 49.6 Å². The second-order valence-corrected chi connectivity index (χ2v) is 5.38. The van der Waals surface area contributed by atoms with E-state index in [4.69, 9.17) is 4.52 Å². The standard InChI is InChI=1S/C11H11Br2N3O2/c12-8-3-7(4-9(13)11(8)17)5-14-2-1-10-15-6-16-18-10/h3-4,6,14,17H,1-2,5H2. The van der Waals surface area contributed by atoms with Crippen LogP contribution in [0.4, 0.5) is 0 Å². The van der Waals surface area contributed by atoms with Gasteiger partial charge in [0.15, 0.2) is 6.33 Å². The summed E-state index contributed by atoms with van der Waals surface area (Å²) in [6.07, 6.45) is 2.09. The molecule has 0 saturated heterocycles. The van der Waals surface area contributed by atoms with E-state index in [-0.39, 0.29) is 5.75 Å². The van der Waals surface area contributed by atoms with E-state index < -0.39 is 0 Å². The molecular formula is C11H11Br2N3O2. The van der Waals surface area contributed by atoms with Crippen LogP contribution in [0.15, 0.2) is 31.9 Å². The maximum Gasteiger partial charge on any atom is 0.227 e. The Hall–Kier alpha value is -0.920. The number of nitrogens with one attached hydrogen (secondary N) is 1. The maximum atomic E-state index is 9.59. The molecule has 5 nitrogen and oxygen atoms in total. The Morgan fingerprint density at radius 1 is 1.28 bits per heavy atom. The number of aromatic nitrogens is 2. The lowest BCUT2D eigenvalue weighted by Gasteiger charge is -2.07. The van der Waals surface area contributed by atoms with E-state index in [1.165, 1.54) is 6.33 Å². The fourth-order valence-corrected chi connectivity index (χ4v) is 2.74. The molecule has 0 unspecified atom stereocenters. The highest BCUT2D eigenvalue weighted by Crippen LogP contribution is 2.33. The molecule has 2 aromatic rings. The first-order valence-corrected chi connectivity index (χ1v) is 6.88. The Morgan fingerprint density at radius 3 is 2.61 bits per heavy atom. The average Bonchev–Trinajstić information content (AvgIpc) is 2.84. The van der Waals surface area contributed by atoms with Crippen LogP contribution in [0, 0.1) is 0 Å². The van der Waals surface area contributed by atoms with Crippen molar-refractivity contribution >= 4 is 31.9 Å². The van der Waals surface area contributed by atoms with Crippen molar-refractivity contribution < 1.29 is 9.63 Å². The summed E-state index contributed by atoms with van der Waals surface area (Å²) in [5.41, 5.74) is 1.07. The maximum absolute atomic E-state index is 9.59. The Morgan fingerprint density at radius 2 is 2.00 bits per heavy atom. The molecule has 0 aliphatic rings. The van der Waals surface area contributed by atoms with Crippen LogP contribution in [-0.2, 0) is 13.0 Å². The van der Waals surface area contributed by atoms with Gasteiger partial charge in [-0.15, -0.1) is 0 Å². The molecule has 0 bridgehead atoms. The van der Waals surface area contributed by atoms with Crippen LogP contribution in [0.3, 0.4) is 0 Å². The largest absolute Gasteiger partial charge is 0.506 e. The highest BCUT2D eigenvalue weighted by Gasteiger charge is 2.05. The fraction of sp³-hybridized carbons (Fsp3) is 0.273. The molecule has 18 heavy (non-hydrogen) atoms. The second kappa shape index (κ2) is 6.31. The minimum Gasteiger partial charge on any atom is -0.506 e. The number of rotatable bonds is 5. The molecule has 0 amide bonds. The molecule has 7 heteroatoms. The first kappa shape index (κ1) is 13.5. The van der Waals surface area contributed by atoms with Crippen molar-refractivity contribution in [2.45, 2.75) is 13.0 Å². The molecule has 1 aromatic heterocycles. The second-order valence-electron chi connectivity index (χ2n) is 3.67. The van der Waals surface area contributed by atoms with Crippen molar-refractivity contribution in [2.75, 3.05) is 6.54 Å². The van der Waals surface area contributed by atoms with Crippen LogP contribution in [0.5, 0.6) is 5.75 Å². The fourth-order valence-electron chi connectivity index (χ4n) is 1.45. The van der Waals surface area contributed by atoms with Gasteiger partial charge in [-0.1, -0.05) is 5.16 Å². The lowest BCUT2D eigenvalue weighted by Crippen LogP contribution is -2.16. The van der Waals surface area contributed by atoms with E-state index in [2.05, 4.69) is 47.3 Å². The zero-order valence-corrected chi connectivity index (χ0v) is 12.5. The summed E-state index contributed by atoms with van der Waals surface area (Å²) in [6.45, 7) is 1.45. The van der Waals surface area contributed by atoms with E-state index >= 15 is 0 Å². The highest BCUT2D eigenvalue weighted by molar-refractivity contribution is 9.11. The van der Waals surface area contributed by atoms with E-state index in [9.17, 15) is 5.11 Å². The van der Waals surface area contributed by atoms with Crippen LogP contribution in [0.2, 0.25) is 0 Å². The Bertz CT molecular complexity index is 494. The Labute approximate surface area is 121 Å². The van der Waals surface area contributed by atoms with Gasteiger partial charge in [0.05, 0.1) is 8.95 Å². The van der Waals surface area contributed by atoms with E-state index in [1.54, 1.807) is 0 Å². The molecule has 0 fully saturated rings. The van der Waals surface area contributed by atoms with Gasteiger partial charge in [-0.2, -0.15) is 4.98 Å². The van der Waals surface area contributed by atoms with Crippen molar-refractivity contribution in [3.63, 3.8) is 0 Å². The predicted molar refractivity (Wildman–Crippen MR) is 73.2 cm³/mol. The summed E-state index contributed by atoms with van der Waals surface area (Å²) >= 11 is 6.59. The van der Waals surface area contributed by atoms with Gasteiger partial charge < -0.3 is 14.9 Å². The van der Waals surface area contributed by atoms with Crippen molar-refractivity contribution in [1.29, 1.82) is 0 Å². The normalized spacial score (nSPS) is 10.8. The topological polar surface area (TPSA) is 71.2 Å².